The van der Waals surface area contributed by atoms with Crippen molar-refractivity contribution < 1.29 is 9.72 Å². The molecule has 20 heavy (non-hydrogen) atoms. The third kappa shape index (κ3) is 3.24. The standard InChI is InChI=1S/C13H18N4O3/c1-8(9-2-3-9)7-15-13(18)11-6-10(16-14)4-5-12(11)17(19)20/h4-6,8-9,16H,2-3,7,14H2,1H3,(H,15,18). The fraction of sp³-hybridized carbons (Fsp3) is 0.462. The number of hydrogen-bond donors (Lipinski definition) is 3. The highest BCUT2D eigenvalue weighted by Crippen LogP contribution is 2.36. The minimum atomic E-state index is -0.570. The minimum absolute atomic E-state index is 0.0217. The molecule has 0 aromatic heterocycles. The van der Waals surface area contributed by atoms with Gasteiger partial charge in [-0.1, -0.05) is 6.92 Å². The predicted octanol–water partition coefficient (Wildman–Crippen LogP) is 1.66. The first-order valence-electron chi connectivity index (χ1n) is 6.56. The zero-order valence-electron chi connectivity index (χ0n) is 11.3. The van der Waals surface area contributed by atoms with Crippen LogP contribution in [0.3, 0.4) is 0 Å². The van der Waals surface area contributed by atoms with Crippen LogP contribution in [0.5, 0.6) is 0 Å². The summed E-state index contributed by atoms with van der Waals surface area (Å²) in [5, 5.41) is 13.7. The Morgan fingerprint density at radius 1 is 1.55 bits per heavy atom. The summed E-state index contributed by atoms with van der Waals surface area (Å²) in [5.74, 6) is 5.89. The number of amides is 1. The van der Waals surface area contributed by atoms with Gasteiger partial charge in [0.1, 0.15) is 5.56 Å². The Hall–Kier alpha value is -2.15. The topological polar surface area (TPSA) is 110 Å². The molecule has 7 nitrogen and oxygen atoms in total. The van der Waals surface area contributed by atoms with E-state index in [4.69, 9.17) is 5.84 Å². The lowest BCUT2D eigenvalue weighted by Gasteiger charge is -2.12. The number of carbonyl (C=O) groups excluding carboxylic acids is 1. The summed E-state index contributed by atoms with van der Waals surface area (Å²) in [4.78, 5) is 22.5. The number of anilines is 1. The molecule has 1 aliphatic rings. The number of benzene rings is 1. The van der Waals surface area contributed by atoms with Crippen molar-refractivity contribution in [2.45, 2.75) is 19.8 Å². The lowest BCUT2D eigenvalue weighted by atomic mass is 10.1. The normalized spacial score (nSPS) is 15.5. The van der Waals surface area contributed by atoms with Gasteiger partial charge in [-0.15, -0.1) is 0 Å². The molecule has 1 aromatic carbocycles. The summed E-state index contributed by atoms with van der Waals surface area (Å²) in [6, 6.07) is 4.12. The second kappa shape index (κ2) is 5.87. The van der Waals surface area contributed by atoms with Gasteiger partial charge in [-0.3, -0.25) is 20.8 Å². The summed E-state index contributed by atoms with van der Waals surface area (Å²) < 4.78 is 0. The van der Waals surface area contributed by atoms with E-state index in [1.54, 1.807) is 0 Å². The van der Waals surface area contributed by atoms with Crippen molar-refractivity contribution in [1.82, 2.24) is 5.32 Å². The molecule has 0 heterocycles. The largest absolute Gasteiger partial charge is 0.352 e. The zero-order chi connectivity index (χ0) is 14.7. The van der Waals surface area contributed by atoms with Gasteiger partial charge >= 0.3 is 0 Å². The molecule has 1 fully saturated rings. The highest BCUT2D eigenvalue weighted by molar-refractivity contribution is 5.99. The number of hydrogen-bond acceptors (Lipinski definition) is 5. The quantitative estimate of drug-likeness (QED) is 0.416. The highest BCUT2D eigenvalue weighted by atomic mass is 16.6. The van der Waals surface area contributed by atoms with Crippen molar-refractivity contribution in [3.8, 4) is 0 Å². The van der Waals surface area contributed by atoms with Crippen molar-refractivity contribution in [2.75, 3.05) is 12.0 Å². The number of nitrogens with one attached hydrogen (secondary N) is 2. The monoisotopic (exact) mass is 278 g/mol. The molecule has 108 valence electrons. The van der Waals surface area contributed by atoms with Gasteiger partial charge in [0.2, 0.25) is 0 Å². The van der Waals surface area contributed by atoms with E-state index in [-0.39, 0.29) is 11.3 Å². The highest BCUT2D eigenvalue weighted by Gasteiger charge is 2.28. The molecule has 7 heteroatoms. The van der Waals surface area contributed by atoms with Gasteiger partial charge in [0, 0.05) is 18.3 Å². The molecule has 1 atom stereocenters. The minimum Gasteiger partial charge on any atom is -0.352 e. The number of nitro groups is 1. The fourth-order valence-corrected chi connectivity index (χ4v) is 2.15. The average molecular weight is 278 g/mol. The molecule has 4 N–H and O–H groups in total. The van der Waals surface area contributed by atoms with Crippen LogP contribution < -0.4 is 16.6 Å². The van der Waals surface area contributed by atoms with Gasteiger partial charge < -0.3 is 10.7 Å². The molecule has 0 radical (unpaired) electrons. The number of nitrogens with two attached hydrogens (primary N) is 1. The SMILES string of the molecule is CC(CNC(=O)c1cc(NN)ccc1[N+](=O)[O-])C1CC1. The summed E-state index contributed by atoms with van der Waals surface area (Å²) in [6.07, 6.45) is 2.40. The summed E-state index contributed by atoms with van der Waals surface area (Å²) in [7, 11) is 0. The zero-order valence-corrected chi connectivity index (χ0v) is 11.3. The molecule has 0 aliphatic heterocycles. The molecule has 2 rings (SSSR count). The molecule has 1 aliphatic carbocycles. The van der Waals surface area contributed by atoms with E-state index in [0.717, 1.165) is 0 Å². The third-order valence-corrected chi connectivity index (χ3v) is 3.62. The van der Waals surface area contributed by atoms with Gasteiger partial charge in [0.05, 0.1) is 4.92 Å². The summed E-state index contributed by atoms with van der Waals surface area (Å²) >= 11 is 0. The summed E-state index contributed by atoms with van der Waals surface area (Å²) in [5.41, 5.74) is 2.63. The first-order chi connectivity index (χ1) is 9.52. The van der Waals surface area contributed by atoms with Crippen LogP contribution in [0, 0.1) is 22.0 Å². The van der Waals surface area contributed by atoms with Gasteiger partial charge in [-0.2, -0.15) is 0 Å². The number of rotatable bonds is 6. The number of carbonyl (C=O) groups is 1. The van der Waals surface area contributed by atoms with Crippen LogP contribution in [0.2, 0.25) is 0 Å². The molecule has 0 saturated heterocycles. The number of nitrogen functional groups attached to an aromatic ring is 1. The number of nitro benzene ring substituents is 1. The Morgan fingerprint density at radius 3 is 2.80 bits per heavy atom. The van der Waals surface area contributed by atoms with Crippen molar-refractivity contribution in [3.05, 3.63) is 33.9 Å². The van der Waals surface area contributed by atoms with E-state index < -0.39 is 10.8 Å². The average Bonchev–Trinajstić information content (AvgIpc) is 3.28. The van der Waals surface area contributed by atoms with Crippen LogP contribution in [0.4, 0.5) is 11.4 Å². The van der Waals surface area contributed by atoms with Gasteiger partial charge in [-0.25, -0.2) is 0 Å². The number of nitrogens with zero attached hydrogens (tertiary/aromatic N) is 1. The van der Waals surface area contributed by atoms with Crippen molar-refractivity contribution in [3.63, 3.8) is 0 Å². The summed E-state index contributed by atoms with van der Waals surface area (Å²) in [6.45, 7) is 2.60. The van der Waals surface area contributed by atoms with Crippen LogP contribution in [0.1, 0.15) is 30.1 Å². The van der Waals surface area contributed by atoms with Gasteiger partial charge in [0.15, 0.2) is 0 Å². The Kier molecular flexibility index (Phi) is 4.19. The van der Waals surface area contributed by atoms with Crippen LogP contribution >= 0.6 is 0 Å². The maximum absolute atomic E-state index is 12.1. The molecule has 1 aromatic rings. The van der Waals surface area contributed by atoms with E-state index in [1.165, 1.54) is 31.0 Å². The van der Waals surface area contributed by atoms with Crippen LogP contribution in [0.25, 0.3) is 0 Å². The Balaban J connectivity index is 2.11. The Morgan fingerprint density at radius 2 is 2.25 bits per heavy atom. The fourth-order valence-electron chi connectivity index (χ4n) is 2.15. The maximum atomic E-state index is 12.1. The molecular weight excluding hydrogens is 260 g/mol. The number of hydrazine groups is 1. The lowest BCUT2D eigenvalue weighted by Crippen LogP contribution is -2.29. The Labute approximate surface area is 116 Å². The van der Waals surface area contributed by atoms with Crippen LogP contribution in [-0.2, 0) is 0 Å². The Bertz CT molecular complexity index is 528. The van der Waals surface area contributed by atoms with Crippen LogP contribution in [0.15, 0.2) is 18.2 Å². The smallest absolute Gasteiger partial charge is 0.282 e. The first kappa shape index (κ1) is 14.3. The van der Waals surface area contributed by atoms with E-state index in [1.807, 2.05) is 0 Å². The van der Waals surface area contributed by atoms with E-state index in [0.29, 0.717) is 24.1 Å². The van der Waals surface area contributed by atoms with Crippen molar-refractivity contribution >= 4 is 17.3 Å². The lowest BCUT2D eigenvalue weighted by molar-refractivity contribution is -0.385. The van der Waals surface area contributed by atoms with Crippen molar-refractivity contribution in [1.29, 1.82) is 0 Å². The maximum Gasteiger partial charge on any atom is 0.282 e. The van der Waals surface area contributed by atoms with Gasteiger partial charge in [-0.05, 0) is 36.8 Å². The third-order valence-electron chi connectivity index (χ3n) is 3.62. The molecule has 1 amide bonds. The van der Waals surface area contributed by atoms with E-state index in [2.05, 4.69) is 17.7 Å². The second-order valence-corrected chi connectivity index (χ2v) is 5.16. The van der Waals surface area contributed by atoms with Crippen molar-refractivity contribution in [2.24, 2.45) is 17.7 Å². The molecule has 0 bridgehead atoms. The second-order valence-electron chi connectivity index (χ2n) is 5.16. The molecule has 0 spiro atoms. The first-order valence-corrected chi connectivity index (χ1v) is 6.56. The molecular formula is C13H18N4O3. The van der Waals surface area contributed by atoms with E-state index in [9.17, 15) is 14.9 Å². The van der Waals surface area contributed by atoms with Gasteiger partial charge in [0.25, 0.3) is 11.6 Å². The van der Waals surface area contributed by atoms with Crippen LogP contribution in [-0.4, -0.2) is 17.4 Å². The molecule has 1 unspecified atom stereocenters. The molecule has 1 saturated carbocycles. The van der Waals surface area contributed by atoms with E-state index >= 15 is 0 Å². The predicted molar refractivity (Wildman–Crippen MR) is 75.1 cm³/mol.